The van der Waals surface area contributed by atoms with Gasteiger partial charge in [0.25, 0.3) is 0 Å². The molecular formula is C19H10N2O4S. The van der Waals surface area contributed by atoms with E-state index in [9.17, 15) is 9.90 Å². The first-order chi connectivity index (χ1) is 12.7. The van der Waals surface area contributed by atoms with E-state index in [1.54, 1.807) is 30.3 Å². The Labute approximate surface area is 150 Å². The van der Waals surface area contributed by atoms with Crippen molar-refractivity contribution in [1.29, 1.82) is 0 Å². The Kier molecular flexibility index (Phi) is 3.16. The maximum atomic E-state index is 10.9. The molecule has 3 aromatic heterocycles. The van der Waals surface area contributed by atoms with Crippen LogP contribution in [-0.4, -0.2) is 21.4 Å². The van der Waals surface area contributed by atoms with Crippen molar-refractivity contribution in [3.8, 4) is 27.3 Å². The monoisotopic (exact) mass is 362 g/mol. The summed E-state index contributed by atoms with van der Waals surface area (Å²) < 4.78 is 11.5. The van der Waals surface area contributed by atoms with E-state index in [-0.39, 0.29) is 5.75 Å². The molecule has 0 saturated heterocycles. The molecule has 6 nitrogen and oxygen atoms in total. The number of oxazole rings is 2. The zero-order chi connectivity index (χ0) is 17.7. The first-order valence-electron chi connectivity index (χ1n) is 7.75. The predicted molar refractivity (Wildman–Crippen MR) is 97.4 cm³/mol. The Morgan fingerprint density at radius 3 is 2.12 bits per heavy atom. The predicted octanol–water partition coefficient (Wildman–Crippen LogP) is 4.88. The number of rotatable bonds is 3. The number of hydrogen-bond donors (Lipinski definition) is 1. The molecule has 5 aromatic rings. The molecule has 0 saturated carbocycles. The number of aromatic nitrogens is 2. The molecule has 7 heteroatoms. The van der Waals surface area contributed by atoms with Crippen molar-refractivity contribution < 1.29 is 18.7 Å². The number of carbonyl (C=O) groups is 1. The SMILES string of the molecule is O=Cc1ccc2nc(-c3ccc(-c4nc5ccc(O)cc5o4)s3)oc2c1. The summed E-state index contributed by atoms with van der Waals surface area (Å²) in [5.74, 6) is 1.09. The Hall–Kier alpha value is -3.45. The number of benzene rings is 2. The van der Waals surface area contributed by atoms with Crippen molar-refractivity contribution in [2.45, 2.75) is 0 Å². The lowest BCUT2D eigenvalue weighted by atomic mass is 10.2. The van der Waals surface area contributed by atoms with Gasteiger partial charge in [-0.15, -0.1) is 11.3 Å². The molecule has 0 atom stereocenters. The molecule has 0 bridgehead atoms. The van der Waals surface area contributed by atoms with Gasteiger partial charge in [0.05, 0.1) is 9.75 Å². The van der Waals surface area contributed by atoms with Crippen LogP contribution < -0.4 is 0 Å². The number of aromatic hydroxyl groups is 1. The quantitative estimate of drug-likeness (QED) is 0.460. The van der Waals surface area contributed by atoms with Crippen molar-refractivity contribution >= 4 is 39.8 Å². The van der Waals surface area contributed by atoms with Crippen molar-refractivity contribution in [3.63, 3.8) is 0 Å². The molecule has 0 amide bonds. The Balaban J connectivity index is 1.55. The normalized spacial score (nSPS) is 11.4. The molecule has 0 radical (unpaired) electrons. The smallest absolute Gasteiger partial charge is 0.237 e. The second kappa shape index (κ2) is 5.53. The maximum Gasteiger partial charge on any atom is 0.237 e. The van der Waals surface area contributed by atoms with Crippen molar-refractivity contribution in [2.24, 2.45) is 0 Å². The number of hydrogen-bond acceptors (Lipinski definition) is 7. The fraction of sp³-hybridized carbons (Fsp3) is 0. The van der Waals surface area contributed by atoms with E-state index in [2.05, 4.69) is 9.97 Å². The van der Waals surface area contributed by atoms with Gasteiger partial charge in [0.1, 0.15) is 23.1 Å². The zero-order valence-electron chi connectivity index (χ0n) is 13.2. The minimum absolute atomic E-state index is 0.133. The third kappa shape index (κ3) is 2.37. The van der Waals surface area contributed by atoms with Crippen LogP contribution in [0.25, 0.3) is 43.7 Å². The van der Waals surface area contributed by atoms with Crippen LogP contribution in [0, 0.1) is 0 Å². The lowest BCUT2D eigenvalue weighted by Crippen LogP contribution is -1.76. The van der Waals surface area contributed by atoms with Crippen LogP contribution in [0.4, 0.5) is 0 Å². The Morgan fingerprint density at radius 1 is 0.846 bits per heavy atom. The van der Waals surface area contributed by atoms with Crippen LogP contribution in [0.1, 0.15) is 10.4 Å². The Bertz CT molecular complexity index is 1280. The van der Waals surface area contributed by atoms with E-state index >= 15 is 0 Å². The van der Waals surface area contributed by atoms with Crippen molar-refractivity contribution in [1.82, 2.24) is 9.97 Å². The average Bonchev–Trinajstić information content (AvgIpc) is 3.36. The van der Waals surface area contributed by atoms with Crippen LogP contribution >= 0.6 is 11.3 Å². The van der Waals surface area contributed by atoms with Gasteiger partial charge in [0.15, 0.2) is 11.2 Å². The van der Waals surface area contributed by atoms with Gasteiger partial charge in [-0.05, 0) is 42.5 Å². The van der Waals surface area contributed by atoms with E-state index in [0.717, 1.165) is 16.0 Å². The lowest BCUT2D eigenvalue weighted by Gasteiger charge is -1.88. The Morgan fingerprint density at radius 2 is 1.46 bits per heavy atom. The molecule has 0 unspecified atom stereocenters. The minimum atomic E-state index is 0.133. The van der Waals surface area contributed by atoms with Crippen molar-refractivity contribution in [3.05, 3.63) is 54.1 Å². The van der Waals surface area contributed by atoms with Crippen molar-refractivity contribution in [2.75, 3.05) is 0 Å². The number of aldehydes is 1. The van der Waals surface area contributed by atoms with E-state index in [1.165, 1.54) is 17.4 Å². The number of nitrogens with zero attached hydrogens (tertiary/aromatic N) is 2. The van der Waals surface area contributed by atoms with Crippen LogP contribution in [0.2, 0.25) is 0 Å². The van der Waals surface area contributed by atoms with Gasteiger partial charge >= 0.3 is 0 Å². The molecule has 0 spiro atoms. The topological polar surface area (TPSA) is 89.4 Å². The second-order valence-electron chi connectivity index (χ2n) is 5.70. The average molecular weight is 362 g/mol. The van der Waals surface area contributed by atoms with Gasteiger partial charge in [-0.2, -0.15) is 0 Å². The lowest BCUT2D eigenvalue weighted by molar-refractivity contribution is 0.112. The van der Waals surface area contributed by atoms with Gasteiger partial charge < -0.3 is 13.9 Å². The van der Waals surface area contributed by atoms with E-state index in [4.69, 9.17) is 8.83 Å². The summed E-state index contributed by atoms with van der Waals surface area (Å²) in [4.78, 5) is 21.4. The van der Waals surface area contributed by atoms with E-state index < -0.39 is 0 Å². The minimum Gasteiger partial charge on any atom is -0.508 e. The second-order valence-corrected chi connectivity index (χ2v) is 6.78. The summed E-state index contributed by atoms with van der Waals surface area (Å²) in [6.45, 7) is 0. The number of phenols is 1. The van der Waals surface area contributed by atoms with Crippen LogP contribution in [0.5, 0.6) is 5.75 Å². The molecular weight excluding hydrogens is 352 g/mol. The summed E-state index contributed by atoms with van der Waals surface area (Å²) in [6.07, 6.45) is 0.774. The summed E-state index contributed by atoms with van der Waals surface area (Å²) in [5, 5.41) is 9.54. The third-order valence-corrected chi connectivity index (χ3v) is 5.01. The number of thiophene rings is 1. The first kappa shape index (κ1) is 14.9. The summed E-state index contributed by atoms with van der Waals surface area (Å²) in [7, 11) is 0. The first-order valence-corrected chi connectivity index (χ1v) is 8.57. The summed E-state index contributed by atoms with van der Waals surface area (Å²) in [6, 6.07) is 13.7. The van der Waals surface area contributed by atoms with Gasteiger partial charge in [0.2, 0.25) is 11.8 Å². The zero-order valence-corrected chi connectivity index (χ0v) is 14.0. The molecule has 5 rings (SSSR count). The van der Waals surface area contributed by atoms with Gasteiger partial charge in [-0.1, -0.05) is 0 Å². The molecule has 2 aromatic carbocycles. The van der Waals surface area contributed by atoms with Crippen LogP contribution in [0.15, 0.2) is 57.4 Å². The van der Waals surface area contributed by atoms with E-state index in [0.29, 0.717) is 39.5 Å². The fourth-order valence-electron chi connectivity index (χ4n) is 2.71. The molecule has 26 heavy (non-hydrogen) atoms. The molecule has 0 fully saturated rings. The van der Waals surface area contributed by atoms with E-state index in [1.807, 2.05) is 12.1 Å². The highest BCUT2D eigenvalue weighted by Gasteiger charge is 2.15. The van der Waals surface area contributed by atoms with Gasteiger partial charge in [0, 0.05) is 11.6 Å². The fourth-order valence-corrected chi connectivity index (χ4v) is 3.56. The molecule has 126 valence electrons. The molecule has 0 aliphatic heterocycles. The highest BCUT2D eigenvalue weighted by Crippen LogP contribution is 2.36. The molecule has 0 aliphatic carbocycles. The number of phenolic OH excluding ortho intramolecular Hbond substituents is 1. The van der Waals surface area contributed by atoms with Crippen LogP contribution in [0.3, 0.4) is 0 Å². The highest BCUT2D eigenvalue weighted by molar-refractivity contribution is 7.18. The molecule has 0 aliphatic rings. The molecule has 3 heterocycles. The molecule has 1 N–H and O–H groups in total. The van der Waals surface area contributed by atoms with Gasteiger partial charge in [-0.3, -0.25) is 4.79 Å². The summed E-state index contributed by atoms with van der Waals surface area (Å²) >= 11 is 1.44. The maximum absolute atomic E-state index is 10.9. The highest BCUT2D eigenvalue weighted by atomic mass is 32.1. The van der Waals surface area contributed by atoms with Crippen LogP contribution in [-0.2, 0) is 0 Å². The largest absolute Gasteiger partial charge is 0.508 e. The standard InChI is InChI=1S/C19H10N2O4S/c22-9-10-1-3-12-14(7-10)24-18(20-12)16-5-6-17(26-16)19-21-13-4-2-11(23)8-15(13)25-19/h1-9,23H. The van der Waals surface area contributed by atoms with Gasteiger partial charge in [-0.25, -0.2) is 9.97 Å². The number of carbonyl (C=O) groups excluding carboxylic acids is 1. The summed E-state index contributed by atoms with van der Waals surface area (Å²) in [5.41, 5.74) is 3.01. The number of fused-ring (bicyclic) bond motifs is 2. The third-order valence-electron chi connectivity index (χ3n) is 3.95.